The summed E-state index contributed by atoms with van der Waals surface area (Å²) in [6, 6.07) is 7.86. The zero-order valence-corrected chi connectivity index (χ0v) is 13.3. The number of hydrogen-bond donors (Lipinski definition) is 1. The van der Waals surface area contributed by atoms with Gasteiger partial charge in [-0.3, -0.25) is 9.59 Å². The van der Waals surface area contributed by atoms with Crippen molar-refractivity contribution in [3.63, 3.8) is 0 Å². The van der Waals surface area contributed by atoms with Crippen molar-refractivity contribution in [2.24, 2.45) is 0 Å². The number of carbonyl (C=O) groups is 2. The molecule has 120 valence electrons. The van der Waals surface area contributed by atoms with E-state index < -0.39 is 5.82 Å². The monoisotopic (exact) mass is 332 g/mol. The topological polar surface area (TPSA) is 49.4 Å². The molecule has 1 fully saturated rings. The number of likely N-dealkylation sites (tertiary alicyclic amines) is 1. The van der Waals surface area contributed by atoms with Crippen molar-refractivity contribution in [1.82, 2.24) is 10.2 Å². The van der Waals surface area contributed by atoms with Gasteiger partial charge < -0.3 is 10.2 Å². The summed E-state index contributed by atoms with van der Waals surface area (Å²) in [4.78, 5) is 26.0. The molecule has 0 bridgehead atoms. The molecule has 0 aliphatic carbocycles. The summed E-state index contributed by atoms with van der Waals surface area (Å²) >= 11 is 1.48. The Hall–Kier alpha value is -2.21. The minimum atomic E-state index is -0.495. The number of hydrogen-bond acceptors (Lipinski definition) is 3. The highest BCUT2D eigenvalue weighted by Gasteiger charge is 2.26. The lowest BCUT2D eigenvalue weighted by Gasteiger charge is -2.32. The average Bonchev–Trinajstić information content (AvgIpc) is 3.10. The molecule has 4 nitrogen and oxygen atoms in total. The molecule has 0 spiro atoms. The van der Waals surface area contributed by atoms with Crippen LogP contribution < -0.4 is 5.32 Å². The highest BCUT2D eigenvalue weighted by atomic mass is 32.1. The van der Waals surface area contributed by atoms with Gasteiger partial charge in [-0.25, -0.2) is 4.39 Å². The van der Waals surface area contributed by atoms with E-state index in [1.165, 1.54) is 23.5 Å². The first kappa shape index (κ1) is 15.7. The molecule has 0 saturated carbocycles. The predicted molar refractivity (Wildman–Crippen MR) is 87.1 cm³/mol. The second-order valence-electron chi connectivity index (χ2n) is 5.53. The molecule has 1 aliphatic rings. The van der Waals surface area contributed by atoms with Crippen LogP contribution in [0.1, 0.15) is 33.6 Å². The van der Waals surface area contributed by atoms with Gasteiger partial charge in [0.1, 0.15) is 5.82 Å². The third kappa shape index (κ3) is 3.59. The van der Waals surface area contributed by atoms with Crippen molar-refractivity contribution < 1.29 is 14.0 Å². The van der Waals surface area contributed by atoms with E-state index in [1.54, 1.807) is 23.1 Å². The molecule has 3 rings (SSSR count). The molecule has 2 aromatic rings. The molecule has 1 N–H and O–H groups in total. The molecule has 1 saturated heterocycles. The van der Waals surface area contributed by atoms with Crippen molar-refractivity contribution in [1.29, 1.82) is 0 Å². The Balaban J connectivity index is 1.55. The number of piperidine rings is 1. The fourth-order valence-electron chi connectivity index (χ4n) is 2.69. The zero-order valence-electron chi connectivity index (χ0n) is 12.5. The lowest BCUT2D eigenvalue weighted by molar-refractivity contribution is 0.0693. The maximum absolute atomic E-state index is 13.7. The third-order valence-corrected chi connectivity index (χ3v) is 4.69. The molecule has 6 heteroatoms. The number of nitrogens with zero attached hydrogens (tertiary/aromatic N) is 1. The SMILES string of the molecule is O=C(NC1CCN(C(=O)c2ccccc2F)CC1)c1ccsc1. The van der Waals surface area contributed by atoms with Crippen molar-refractivity contribution in [3.8, 4) is 0 Å². The van der Waals surface area contributed by atoms with Crippen LogP contribution in [0.5, 0.6) is 0 Å². The molecule has 1 aliphatic heterocycles. The normalized spacial score (nSPS) is 15.4. The molecule has 0 unspecified atom stereocenters. The summed E-state index contributed by atoms with van der Waals surface area (Å²) in [5, 5.41) is 6.66. The van der Waals surface area contributed by atoms with Gasteiger partial charge in [0.2, 0.25) is 0 Å². The predicted octanol–water partition coefficient (Wildman–Crippen LogP) is 2.92. The molecule has 1 aromatic heterocycles. The van der Waals surface area contributed by atoms with Gasteiger partial charge in [0.25, 0.3) is 11.8 Å². The van der Waals surface area contributed by atoms with E-state index in [4.69, 9.17) is 0 Å². The maximum atomic E-state index is 13.7. The van der Waals surface area contributed by atoms with E-state index in [9.17, 15) is 14.0 Å². The van der Waals surface area contributed by atoms with Crippen LogP contribution in [0.15, 0.2) is 41.1 Å². The van der Waals surface area contributed by atoms with Crippen LogP contribution in [0.2, 0.25) is 0 Å². The molecule has 2 amide bonds. The van der Waals surface area contributed by atoms with Crippen LogP contribution in [0.4, 0.5) is 4.39 Å². The van der Waals surface area contributed by atoms with Crippen molar-refractivity contribution >= 4 is 23.2 Å². The second-order valence-corrected chi connectivity index (χ2v) is 6.31. The molecule has 23 heavy (non-hydrogen) atoms. The Bertz CT molecular complexity index is 694. The number of halogens is 1. The Morgan fingerprint density at radius 2 is 1.91 bits per heavy atom. The van der Waals surface area contributed by atoms with Crippen molar-refractivity contribution in [3.05, 3.63) is 58.0 Å². The average molecular weight is 332 g/mol. The molecule has 1 aromatic carbocycles. The quantitative estimate of drug-likeness (QED) is 0.939. The zero-order chi connectivity index (χ0) is 16.2. The number of rotatable bonds is 3. The van der Waals surface area contributed by atoms with E-state index in [2.05, 4.69) is 5.32 Å². The van der Waals surface area contributed by atoms with E-state index in [0.29, 0.717) is 31.5 Å². The van der Waals surface area contributed by atoms with E-state index in [0.717, 1.165) is 0 Å². The minimum absolute atomic E-state index is 0.0482. The van der Waals surface area contributed by atoms with Crippen LogP contribution >= 0.6 is 11.3 Å². The number of carbonyl (C=O) groups excluding carboxylic acids is 2. The van der Waals surface area contributed by atoms with Crippen LogP contribution in [0.25, 0.3) is 0 Å². The second kappa shape index (κ2) is 6.91. The van der Waals surface area contributed by atoms with Gasteiger partial charge in [-0.15, -0.1) is 0 Å². The Kier molecular flexibility index (Phi) is 4.71. The summed E-state index contributed by atoms with van der Waals surface area (Å²) in [7, 11) is 0. The lowest BCUT2D eigenvalue weighted by Crippen LogP contribution is -2.46. The first-order chi connectivity index (χ1) is 11.1. The summed E-state index contributed by atoms with van der Waals surface area (Å²) < 4.78 is 13.7. The van der Waals surface area contributed by atoms with E-state index in [-0.39, 0.29) is 23.4 Å². The number of amides is 2. The first-order valence-electron chi connectivity index (χ1n) is 7.52. The largest absolute Gasteiger partial charge is 0.349 e. The van der Waals surface area contributed by atoms with E-state index in [1.807, 2.05) is 10.8 Å². The molecule has 2 heterocycles. The van der Waals surface area contributed by atoms with Gasteiger partial charge in [-0.05, 0) is 36.4 Å². The van der Waals surface area contributed by atoms with Gasteiger partial charge in [-0.1, -0.05) is 12.1 Å². The smallest absolute Gasteiger partial charge is 0.256 e. The number of nitrogens with one attached hydrogen (secondary N) is 1. The fourth-order valence-corrected chi connectivity index (χ4v) is 3.33. The van der Waals surface area contributed by atoms with Gasteiger partial charge in [0.05, 0.1) is 5.56 Å². The Labute approximate surface area is 137 Å². The molecule has 0 radical (unpaired) electrons. The van der Waals surface area contributed by atoms with Crippen LogP contribution in [0.3, 0.4) is 0 Å². The standard InChI is InChI=1S/C17H17FN2O2S/c18-15-4-2-1-3-14(15)17(22)20-8-5-13(6-9-20)19-16(21)12-7-10-23-11-12/h1-4,7,10-11,13H,5-6,8-9H2,(H,19,21). The van der Waals surface area contributed by atoms with Gasteiger partial charge >= 0.3 is 0 Å². The fraction of sp³-hybridized carbons (Fsp3) is 0.294. The highest BCUT2D eigenvalue weighted by Crippen LogP contribution is 2.16. The highest BCUT2D eigenvalue weighted by molar-refractivity contribution is 7.08. The number of benzene rings is 1. The minimum Gasteiger partial charge on any atom is -0.349 e. The number of thiophene rings is 1. The Morgan fingerprint density at radius 1 is 1.17 bits per heavy atom. The molecular weight excluding hydrogens is 315 g/mol. The Morgan fingerprint density at radius 3 is 2.57 bits per heavy atom. The third-order valence-electron chi connectivity index (χ3n) is 4.01. The van der Waals surface area contributed by atoms with Gasteiger partial charge in [0.15, 0.2) is 0 Å². The van der Waals surface area contributed by atoms with Crippen LogP contribution in [0, 0.1) is 5.82 Å². The first-order valence-corrected chi connectivity index (χ1v) is 8.46. The van der Waals surface area contributed by atoms with Crippen molar-refractivity contribution in [2.45, 2.75) is 18.9 Å². The lowest BCUT2D eigenvalue weighted by atomic mass is 10.0. The van der Waals surface area contributed by atoms with Crippen LogP contribution in [-0.2, 0) is 0 Å². The maximum Gasteiger partial charge on any atom is 0.256 e. The van der Waals surface area contributed by atoms with Gasteiger partial charge in [0, 0.05) is 30.1 Å². The summed E-state index contributed by atoms with van der Waals surface area (Å²) in [5.41, 5.74) is 0.771. The molecular formula is C17H17FN2O2S. The summed E-state index contributed by atoms with van der Waals surface area (Å²) in [6.07, 6.45) is 1.35. The summed E-state index contributed by atoms with van der Waals surface area (Å²) in [5.74, 6) is -0.860. The summed E-state index contributed by atoms with van der Waals surface area (Å²) in [6.45, 7) is 1.03. The molecule has 0 atom stereocenters. The van der Waals surface area contributed by atoms with Crippen molar-refractivity contribution in [2.75, 3.05) is 13.1 Å². The van der Waals surface area contributed by atoms with Crippen LogP contribution in [-0.4, -0.2) is 35.8 Å². The van der Waals surface area contributed by atoms with Gasteiger partial charge in [-0.2, -0.15) is 11.3 Å². The van der Waals surface area contributed by atoms with E-state index >= 15 is 0 Å².